The second-order valence-electron chi connectivity index (χ2n) is 2.99. The molecule has 0 saturated carbocycles. The number of aliphatic hydroxyl groups excluding tert-OH is 2. The molecule has 1 heterocycles. The van der Waals surface area contributed by atoms with Gasteiger partial charge in [-0.25, -0.2) is 0 Å². The van der Waals surface area contributed by atoms with Crippen molar-refractivity contribution in [3.63, 3.8) is 0 Å². The Morgan fingerprint density at radius 1 is 1.38 bits per heavy atom. The molecule has 0 aromatic rings. The molecule has 0 aromatic heterocycles. The summed E-state index contributed by atoms with van der Waals surface area (Å²) in [6.45, 7) is -0.247. The van der Waals surface area contributed by atoms with Gasteiger partial charge in [0.05, 0.1) is 0 Å². The molecule has 1 aliphatic rings. The Balaban J connectivity index is 2.44. The summed E-state index contributed by atoms with van der Waals surface area (Å²) in [4.78, 5) is 10.8. The third-order valence-corrected chi connectivity index (χ3v) is 1.84. The monoisotopic (exact) mass is 218 g/mol. The molecular formula is C12H10O4. The van der Waals surface area contributed by atoms with E-state index < -0.39 is 12.2 Å². The summed E-state index contributed by atoms with van der Waals surface area (Å²) in [5.41, 5.74) is 0. The van der Waals surface area contributed by atoms with Gasteiger partial charge in [-0.15, -0.1) is 0 Å². The van der Waals surface area contributed by atoms with Gasteiger partial charge in [0.25, 0.3) is 0 Å². The smallest absolute Gasteiger partial charge is 0.306 e. The summed E-state index contributed by atoms with van der Waals surface area (Å²) in [5.74, 6) is 14.0. The Morgan fingerprint density at radius 3 is 2.75 bits per heavy atom. The summed E-state index contributed by atoms with van der Waals surface area (Å²) >= 11 is 0. The van der Waals surface area contributed by atoms with Gasteiger partial charge in [0.2, 0.25) is 0 Å². The summed E-state index contributed by atoms with van der Waals surface area (Å²) < 4.78 is 4.82. The number of ether oxygens (including phenoxy) is 1. The number of aliphatic hydroxyl groups is 2. The zero-order valence-corrected chi connectivity index (χ0v) is 8.49. The van der Waals surface area contributed by atoms with Crippen molar-refractivity contribution >= 4 is 5.97 Å². The molecule has 82 valence electrons. The Bertz CT molecular complexity index is 433. The zero-order valence-electron chi connectivity index (χ0n) is 8.49. The SMILES string of the molecule is O=C1CC[C@@H]([C@H](O)C#CC#CC#CCO)O1. The maximum atomic E-state index is 10.8. The van der Waals surface area contributed by atoms with Crippen LogP contribution in [-0.4, -0.2) is 35.0 Å². The van der Waals surface area contributed by atoms with Gasteiger partial charge < -0.3 is 14.9 Å². The van der Waals surface area contributed by atoms with E-state index in [0.29, 0.717) is 12.8 Å². The lowest BCUT2D eigenvalue weighted by Gasteiger charge is -2.09. The van der Waals surface area contributed by atoms with Crippen LogP contribution < -0.4 is 0 Å². The van der Waals surface area contributed by atoms with Crippen molar-refractivity contribution in [1.29, 1.82) is 0 Å². The topological polar surface area (TPSA) is 66.8 Å². The van der Waals surface area contributed by atoms with E-state index in [1.165, 1.54) is 0 Å². The van der Waals surface area contributed by atoms with Crippen molar-refractivity contribution in [2.75, 3.05) is 6.61 Å². The number of carbonyl (C=O) groups is 1. The standard InChI is InChI=1S/C12H10O4/c13-9-5-3-1-2-4-6-10(14)11-7-8-12(15)16-11/h10-11,13-14H,7-9H2/t10-,11+/m1/s1. The average molecular weight is 218 g/mol. The van der Waals surface area contributed by atoms with Crippen molar-refractivity contribution in [2.45, 2.75) is 25.0 Å². The van der Waals surface area contributed by atoms with Gasteiger partial charge >= 0.3 is 5.97 Å². The minimum Gasteiger partial charge on any atom is -0.458 e. The van der Waals surface area contributed by atoms with Gasteiger partial charge in [0, 0.05) is 6.42 Å². The fourth-order valence-electron chi connectivity index (χ4n) is 1.12. The molecule has 1 rings (SSSR count). The first-order chi connectivity index (χ1) is 7.74. The van der Waals surface area contributed by atoms with Gasteiger partial charge in [-0.1, -0.05) is 11.8 Å². The quantitative estimate of drug-likeness (QED) is 0.440. The van der Waals surface area contributed by atoms with Crippen LogP contribution in [-0.2, 0) is 9.53 Å². The van der Waals surface area contributed by atoms with Gasteiger partial charge in [-0.3, -0.25) is 4.79 Å². The molecule has 4 heteroatoms. The molecule has 0 aromatic carbocycles. The molecule has 1 saturated heterocycles. The van der Waals surface area contributed by atoms with Crippen molar-refractivity contribution < 1.29 is 19.7 Å². The van der Waals surface area contributed by atoms with Crippen LogP contribution in [0.2, 0.25) is 0 Å². The van der Waals surface area contributed by atoms with Crippen molar-refractivity contribution in [3.8, 4) is 35.5 Å². The second kappa shape index (κ2) is 6.53. The van der Waals surface area contributed by atoms with E-state index in [2.05, 4.69) is 35.5 Å². The number of cyclic esters (lactones) is 1. The van der Waals surface area contributed by atoms with Crippen LogP contribution in [0.15, 0.2) is 0 Å². The first-order valence-electron chi connectivity index (χ1n) is 4.71. The molecule has 0 aliphatic carbocycles. The average Bonchev–Trinajstić information content (AvgIpc) is 2.70. The Kier molecular flexibility index (Phi) is 4.96. The molecule has 0 spiro atoms. The lowest BCUT2D eigenvalue weighted by Crippen LogP contribution is -2.23. The van der Waals surface area contributed by atoms with E-state index in [-0.39, 0.29) is 12.6 Å². The lowest BCUT2D eigenvalue weighted by atomic mass is 10.1. The van der Waals surface area contributed by atoms with E-state index in [9.17, 15) is 9.90 Å². The molecule has 0 radical (unpaired) electrons. The van der Waals surface area contributed by atoms with E-state index >= 15 is 0 Å². The van der Waals surface area contributed by atoms with Crippen LogP contribution in [0.3, 0.4) is 0 Å². The molecule has 16 heavy (non-hydrogen) atoms. The van der Waals surface area contributed by atoms with Crippen LogP contribution in [0.4, 0.5) is 0 Å². The predicted molar refractivity (Wildman–Crippen MR) is 55.5 cm³/mol. The fourth-order valence-corrected chi connectivity index (χ4v) is 1.12. The Labute approximate surface area is 93.6 Å². The van der Waals surface area contributed by atoms with Crippen molar-refractivity contribution in [1.82, 2.24) is 0 Å². The highest BCUT2D eigenvalue weighted by Gasteiger charge is 2.28. The van der Waals surface area contributed by atoms with Gasteiger partial charge in [-0.05, 0) is 30.1 Å². The number of carbonyl (C=O) groups excluding carboxylic acids is 1. The van der Waals surface area contributed by atoms with Gasteiger partial charge in [-0.2, -0.15) is 0 Å². The molecule has 2 N–H and O–H groups in total. The number of hydrogen-bond donors (Lipinski definition) is 2. The first kappa shape index (κ1) is 12.1. The summed E-state index contributed by atoms with van der Waals surface area (Å²) in [5, 5.41) is 17.8. The molecular weight excluding hydrogens is 208 g/mol. The molecule has 0 unspecified atom stereocenters. The maximum Gasteiger partial charge on any atom is 0.306 e. The molecule has 1 aliphatic heterocycles. The summed E-state index contributed by atoms with van der Waals surface area (Å²) in [6.07, 6.45) is -0.763. The van der Waals surface area contributed by atoms with Crippen LogP contribution in [0.25, 0.3) is 0 Å². The fraction of sp³-hybridized carbons (Fsp3) is 0.417. The molecule has 0 amide bonds. The van der Waals surface area contributed by atoms with E-state index in [4.69, 9.17) is 9.84 Å². The van der Waals surface area contributed by atoms with Crippen LogP contribution in [0.1, 0.15) is 12.8 Å². The van der Waals surface area contributed by atoms with E-state index in [1.807, 2.05) is 0 Å². The minimum atomic E-state index is -1.01. The van der Waals surface area contributed by atoms with Crippen molar-refractivity contribution in [3.05, 3.63) is 0 Å². The lowest BCUT2D eigenvalue weighted by molar-refractivity contribution is -0.143. The molecule has 4 nitrogen and oxygen atoms in total. The molecule has 1 fully saturated rings. The van der Waals surface area contributed by atoms with Gasteiger partial charge in [0.1, 0.15) is 12.7 Å². The maximum absolute atomic E-state index is 10.8. The first-order valence-corrected chi connectivity index (χ1v) is 4.71. The van der Waals surface area contributed by atoms with E-state index in [0.717, 1.165) is 0 Å². The molecule has 2 atom stereocenters. The van der Waals surface area contributed by atoms with Crippen molar-refractivity contribution in [2.24, 2.45) is 0 Å². The normalized spacial score (nSPS) is 19.1. The molecule has 0 bridgehead atoms. The third-order valence-electron chi connectivity index (χ3n) is 1.84. The third kappa shape index (κ3) is 4.07. The van der Waals surface area contributed by atoms with Crippen LogP contribution in [0, 0.1) is 35.5 Å². The highest BCUT2D eigenvalue weighted by molar-refractivity contribution is 5.71. The van der Waals surface area contributed by atoms with E-state index in [1.54, 1.807) is 0 Å². The van der Waals surface area contributed by atoms with Gasteiger partial charge in [0.15, 0.2) is 6.10 Å². The van der Waals surface area contributed by atoms with Crippen LogP contribution >= 0.6 is 0 Å². The minimum absolute atomic E-state index is 0.247. The summed E-state index contributed by atoms with van der Waals surface area (Å²) in [7, 11) is 0. The number of rotatable bonds is 1. The summed E-state index contributed by atoms with van der Waals surface area (Å²) in [6, 6.07) is 0. The Hall–Kier alpha value is -1.93. The Morgan fingerprint density at radius 2 is 2.12 bits per heavy atom. The van der Waals surface area contributed by atoms with Crippen LogP contribution in [0.5, 0.6) is 0 Å². The number of esters is 1. The zero-order chi connectivity index (χ0) is 11.8. The highest BCUT2D eigenvalue weighted by Crippen LogP contribution is 2.16. The number of hydrogen-bond acceptors (Lipinski definition) is 4. The second-order valence-corrected chi connectivity index (χ2v) is 2.99. The highest BCUT2D eigenvalue weighted by atomic mass is 16.6. The predicted octanol–water partition coefficient (Wildman–Crippen LogP) is -0.945. The largest absolute Gasteiger partial charge is 0.458 e.